The number of halogens is 1. The molecule has 0 spiro atoms. The highest BCUT2D eigenvalue weighted by Gasteiger charge is 2.05. The van der Waals surface area contributed by atoms with Gasteiger partial charge in [0.05, 0.1) is 0 Å². The number of benzene rings is 1. The monoisotopic (exact) mass is 306 g/mol. The summed E-state index contributed by atoms with van der Waals surface area (Å²) in [6, 6.07) is 9.48. The van der Waals surface area contributed by atoms with Gasteiger partial charge in [-0.3, -0.25) is 0 Å². The van der Waals surface area contributed by atoms with Gasteiger partial charge >= 0.3 is 5.97 Å². The maximum atomic E-state index is 10.4. The summed E-state index contributed by atoms with van der Waals surface area (Å²) in [6.07, 6.45) is 2.48. The van der Waals surface area contributed by atoms with Gasteiger partial charge in [0.15, 0.2) is 0 Å². The lowest BCUT2D eigenvalue weighted by molar-refractivity contribution is -0.131. The molecule has 0 aliphatic rings. The van der Waals surface area contributed by atoms with Crippen LogP contribution in [0.15, 0.2) is 45.3 Å². The number of carboxylic acid groups (broad SMARTS) is 1. The van der Waals surface area contributed by atoms with Crippen LogP contribution in [0, 0.1) is 6.92 Å². The Morgan fingerprint density at radius 1 is 1.33 bits per heavy atom. The van der Waals surface area contributed by atoms with Gasteiger partial charge in [-0.15, -0.1) is 0 Å². The summed E-state index contributed by atoms with van der Waals surface area (Å²) in [5.74, 6) is 0.246. The van der Waals surface area contributed by atoms with E-state index < -0.39 is 5.97 Å². The van der Waals surface area contributed by atoms with Crippen molar-refractivity contribution in [3.8, 4) is 11.3 Å². The predicted molar refractivity (Wildman–Crippen MR) is 73.3 cm³/mol. The molecule has 0 unspecified atom stereocenters. The van der Waals surface area contributed by atoms with E-state index in [0.717, 1.165) is 27.4 Å². The fourth-order valence-electron chi connectivity index (χ4n) is 1.55. The van der Waals surface area contributed by atoms with E-state index in [-0.39, 0.29) is 0 Å². The van der Waals surface area contributed by atoms with E-state index in [0.29, 0.717) is 5.76 Å². The molecule has 0 bridgehead atoms. The lowest BCUT2D eigenvalue weighted by Crippen LogP contribution is -1.84. The molecule has 92 valence electrons. The van der Waals surface area contributed by atoms with E-state index in [1.54, 1.807) is 6.07 Å². The largest absolute Gasteiger partial charge is 0.478 e. The average Bonchev–Trinajstić information content (AvgIpc) is 2.79. The van der Waals surface area contributed by atoms with Gasteiger partial charge in [-0.1, -0.05) is 22.0 Å². The average molecular weight is 307 g/mol. The SMILES string of the molecule is Cc1cc(-c2ccc(/C=C/C(=O)O)o2)ccc1Br. The first-order chi connectivity index (χ1) is 8.56. The van der Waals surface area contributed by atoms with E-state index in [4.69, 9.17) is 9.52 Å². The Morgan fingerprint density at radius 2 is 2.11 bits per heavy atom. The van der Waals surface area contributed by atoms with Crippen LogP contribution in [-0.2, 0) is 4.79 Å². The fourth-order valence-corrected chi connectivity index (χ4v) is 1.80. The highest BCUT2D eigenvalue weighted by atomic mass is 79.9. The molecule has 0 atom stereocenters. The maximum absolute atomic E-state index is 10.4. The summed E-state index contributed by atoms with van der Waals surface area (Å²) < 4.78 is 6.59. The normalized spacial score (nSPS) is 11.0. The molecule has 3 nitrogen and oxygen atoms in total. The standard InChI is InChI=1S/C14H11BrO3/c1-9-8-10(2-5-12(9)15)13-6-3-11(18-13)4-7-14(16)17/h2-8H,1H3,(H,16,17)/b7-4+. The van der Waals surface area contributed by atoms with Crippen molar-refractivity contribution in [3.05, 3.63) is 52.2 Å². The predicted octanol–water partition coefficient (Wildman–Crippen LogP) is 4.12. The van der Waals surface area contributed by atoms with Crippen molar-refractivity contribution < 1.29 is 14.3 Å². The number of rotatable bonds is 3. The van der Waals surface area contributed by atoms with Gasteiger partial charge in [0.2, 0.25) is 0 Å². The Balaban J connectivity index is 2.29. The molecule has 18 heavy (non-hydrogen) atoms. The topological polar surface area (TPSA) is 50.4 Å². The molecule has 0 aliphatic heterocycles. The van der Waals surface area contributed by atoms with Gasteiger partial charge in [-0.25, -0.2) is 4.79 Å². The van der Waals surface area contributed by atoms with E-state index in [1.807, 2.05) is 31.2 Å². The molecule has 1 aromatic heterocycles. The number of furan rings is 1. The van der Waals surface area contributed by atoms with Gasteiger partial charge in [0.1, 0.15) is 11.5 Å². The van der Waals surface area contributed by atoms with Crippen LogP contribution in [0.2, 0.25) is 0 Å². The molecule has 4 heteroatoms. The minimum Gasteiger partial charge on any atom is -0.478 e. The van der Waals surface area contributed by atoms with Gasteiger partial charge in [0, 0.05) is 16.1 Å². The second kappa shape index (κ2) is 5.23. The van der Waals surface area contributed by atoms with Crippen LogP contribution in [0.3, 0.4) is 0 Å². The van der Waals surface area contributed by atoms with Gasteiger partial charge in [-0.05, 0) is 42.8 Å². The summed E-state index contributed by atoms with van der Waals surface area (Å²) in [5.41, 5.74) is 2.08. The molecule has 0 saturated heterocycles. The number of hydrogen-bond acceptors (Lipinski definition) is 2. The zero-order chi connectivity index (χ0) is 13.1. The molecule has 0 saturated carbocycles. The molecular formula is C14H11BrO3. The number of aryl methyl sites for hydroxylation is 1. The number of hydrogen-bond donors (Lipinski definition) is 1. The first-order valence-electron chi connectivity index (χ1n) is 5.33. The molecular weight excluding hydrogens is 296 g/mol. The van der Waals surface area contributed by atoms with Crippen LogP contribution >= 0.6 is 15.9 Å². The van der Waals surface area contributed by atoms with Gasteiger partial charge in [-0.2, -0.15) is 0 Å². The third-order valence-electron chi connectivity index (χ3n) is 2.46. The Kier molecular flexibility index (Phi) is 3.67. The van der Waals surface area contributed by atoms with Crippen LogP contribution in [0.25, 0.3) is 17.4 Å². The van der Waals surface area contributed by atoms with Crippen molar-refractivity contribution in [3.63, 3.8) is 0 Å². The third kappa shape index (κ3) is 2.90. The Labute approximate surface area is 113 Å². The Bertz CT molecular complexity index is 611. The smallest absolute Gasteiger partial charge is 0.328 e. The number of aliphatic carboxylic acids is 1. The van der Waals surface area contributed by atoms with E-state index in [1.165, 1.54) is 6.08 Å². The van der Waals surface area contributed by atoms with Crippen molar-refractivity contribution in [2.24, 2.45) is 0 Å². The van der Waals surface area contributed by atoms with Crippen LogP contribution in [-0.4, -0.2) is 11.1 Å². The summed E-state index contributed by atoms with van der Waals surface area (Å²) in [4.78, 5) is 10.4. The van der Waals surface area contributed by atoms with Crippen molar-refractivity contribution in [1.29, 1.82) is 0 Å². The third-order valence-corrected chi connectivity index (χ3v) is 3.35. The minimum atomic E-state index is -0.993. The van der Waals surface area contributed by atoms with E-state index >= 15 is 0 Å². The molecule has 0 amide bonds. The summed E-state index contributed by atoms with van der Waals surface area (Å²) >= 11 is 3.44. The van der Waals surface area contributed by atoms with Crippen molar-refractivity contribution in [2.45, 2.75) is 6.92 Å². The zero-order valence-electron chi connectivity index (χ0n) is 9.68. The van der Waals surface area contributed by atoms with Crippen molar-refractivity contribution >= 4 is 28.0 Å². The molecule has 2 aromatic rings. The van der Waals surface area contributed by atoms with Crippen LogP contribution in [0.1, 0.15) is 11.3 Å². The van der Waals surface area contributed by atoms with E-state index in [9.17, 15) is 4.79 Å². The summed E-state index contributed by atoms with van der Waals surface area (Å²) in [7, 11) is 0. The van der Waals surface area contributed by atoms with Crippen LogP contribution in [0.4, 0.5) is 0 Å². The molecule has 1 N–H and O–H groups in total. The lowest BCUT2D eigenvalue weighted by atomic mass is 10.1. The highest BCUT2D eigenvalue weighted by molar-refractivity contribution is 9.10. The zero-order valence-corrected chi connectivity index (χ0v) is 11.3. The molecule has 2 rings (SSSR count). The fraction of sp³-hybridized carbons (Fsp3) is 0.0714. The second-order valence-corrected chi connectivity index (χ2v) is 4.69. The molecule has 0 fully saturated rings. The summed E-state index contributed by atoms with van der Waals surface area (Å²) in [5, 5.41) is 8.53. The van der Waals surface area contributed by atoms with Crippen molar-refractivity contribution in [2.75, 3.05) is 0 Å². The summed E-state index contributed by atoms with van der Waals surface area (Å²) in [6.45, 7) is 2.00. The van der Waals surface area contributed by atoms with E-state index in [2.05, 4.69) is 15.9 Å². The van der Waals surface area contributed by atoms with Crippen LogP contribution < -0.4 is 0 Å². The minimum absolute atomic E-state index is 0.521. The Morgan fingerprint density at radius 3 is 2.78 bits per heavy atom. The van der Waals surface area contributed by atoms with Gasteiger partial charge < -0.3 is 9.52 Å². The van der Waals surface area contributed by atoms with Gasteiger partial charge in [0.25, 0.3) is 0 Å². The highest BCUT2D eigenvalue weighted by Crippen LogP contribution is 2.26. The first kappa shape index (κ1) is 12.6. The Hall–Kier alpha value is -1.81. The number of carbonyl (C=O) groups is 1. The molecule has 0 radical (unpaired) electrons. The quantitative estimate of drug-likeness (QED) is 0.868. The number of carboxylic acids is 1. The first-order valence-corrected chi connectivity index (χ1v) is 6.13. The molecule has 1 aromatic carbocycles. The molecule has 1 heterocycles. The van der Waals surface area contributed by atoms with Crippen LogP contribution in [0.5, 0.6) is 0 Å². The van der Waals surface area contributed by atoms with Crippen molar-refractivity contribution in [1.82, 2.24) is 0 Å². The maximum Gasteiger partial charge on any atom is 0.328 e. The lowest BCUT2D eigenvalue weighted by Gasteiger charge is -2.01. The second-order valence-electron chi connectivity index (χ2n) is 3.84. The molecule has 0 aliphatic carbocycles.